The first-order chi connectivity index (χ1) is 30.5. The van der Waals surface area contributed by atoms with E-state index in [2.05, 4.69) is 230 Å². The Morgan fingerprint density at radius 3 is 1.69 bits per heavy atom. The van der Waals surface area contributed by atoms with E-state index in [1.54, 1.807) is 0 Å². The van der Waals surface area contributed by atoms with Crippen LogP contribution in [0, 0.1) is 0 Å². The molecule has 1 spiro atoms. The highest BCUT2D eigenvalue weighted by atomic mass is 15.1. The summed E-state index contributed by atoms with van der Waals surface area (Å²) >= 11 is 0. The Hall–Kier alpha value is -7.68. The lowest BCUT2D eigenvalue weighted by molar-refractivity contribution is 0.660. The van der Waals surface area contributed by atoms with E-state index in [-0.39, 0.29) is 5.41 Å². The van der Waals surface area contributed by atoms with Crippen molar-refractivity contribution >= 4 is 60.4 Å². The van der Waals surface area contributed by atoms with Crippen molar-refractivity contribution < 1.29 is 0 Å². The van der Waals surface area contributed by atoms with E-state index < -0.39 is 5.41 Å². The summed E-state index contributed by atoms with van der Waals surface area (Å²) in [6.45, 7) is 4.73. The smallest absolute Gasteiger partial charge is 0.0727 e. The third-order valence-corrected chi connectivity index (χ3v) is 14.7. The highest BCUT2D eigenvalue weighted by Gasteiger charge is 2.50. The molecule has 1 heterocycles. The molecule has 0 atom stereocenters. The van der Waals surface area contributed by atoms with Crippen LogP contribution in [0.15, 0.2) is 206 Å². The molecule has 0 saturated carbocycles. The van der Waals surface area contributed by atoms with Gasteiger partial charge in [0.1, 0.15) is 0 Å². The number of para-hydroxylation sites is 1. The van der Waals surface area contributed by atoms with Gasteiger partial charge in [-0.05, 0) is 132 Å². The molecule has 290 valence electrons. The molecule has 2 nitrogen and oxygen atoms in total. The van der Waals surface area contributed by atoms with E-state index in [1.807, 2.05) is 0 Å². The van der Waals surface area contributed by atoms with E-state index in [0.717, 1.165) is 22.7 Å². The standard InChI is InChI=1S/C60H40N2/c1-59(2)48-23-11-8-22-46(48)47-34-42(30-31-49(47)59)61(41-29-27-37-15-6-7-16-39(37)33-41)43-35-53-57-55(36-43)62(40-18-4-3-5-19-40)54-32-28-38-17-14-26-52(56(38)58(54)57)60(53)50-24-12-9-20-44(50)45-21-10-13-25-51(45)60/h3-36H,1-2H3. The fourth-order valence-corrected chi connectivity index (χ4v) is 12.2. The minimum Gasteiger partial charge on any atom is -0.310 e. The zero-order valence-electron chi connectivity index (χ0n) is 34.5. The van der Waals surface area contributed by atoms with Crippen molar-refractivity contribution in [2.75, 3.05) is 4.90 Å². The maximum Gasteiger partial charge on any atom is 0.0727 e. The summed E-state index contributed by atoms with van der Waals surface area (Å²) in [7, 11) is 0. The van der Waals surface area contributed by atoms with Crippen LogP contribution >= 0.6 is 0 Å². The molecule has 0 saturated heterocycles. The van der Waals surface area contributed by atoms with Gasteiger partial charge in [0.25, 0.3) is 0 Å². The van der Waals surface area contributed by atoms with Crippen LogP contribution in [0.2, 0.25) is 0 Å². The fourth-order valence-electron chi connectivity index (χ4n) is 12.2. The Bertz CT molecular complexity index is 3690. The van der Waals surface area contributed by atoms with Gasteiger partial charge >= 0.3 is 0 Å². The second kappa shape index (κ2) is 12.0. The predicted molar refractivity (Wildman–Crippen MR) is 259 cm³/mol. The van der Waals surface area contributed by atoms with Crippen LogP contribution in [0.3, 0.4) is 0 Å². The first kappa shape index (κ1) is 34.1. The van der Waals surface area contributed by atoms with Gasteiger partial charge in [-0.25, -0.2) is 0 Å². The third-order valence-electron chi connectivity index (χ3n) is 14.7. The topological polar surface area (TPSA) is 8.17 Å². The Morgan fingerprint density at radius 1 is 0.339 bits per heavy atom. The number of aromatic nitrogens is 1. The predicted octanol–water partition coefficient (Wildman–Crippen LogP) is 15.5. The van der Waals surface area contributed by atoms with Crippen LogP contribution in [0.4, 0.5) is 17.1 Å². The van der Waals surface area contributed by atoms with Gasteiger partial charge in [-0.1, -0.05) is 166 Å². The number of rotatable bonds is 4. The Labute approximate surface area is 360 Å². The Balaban J connectivity index is 1.16. The molecule has 62 heavy (non-hydrogen) atoms. The molecule has 0 unspecified atom stereocenters. The van der Waals surface area contributed by atoms with Gasteiger partial charge in [-0.2, -0.15) is 0 Å². The van der Waals surface area contributed by atoms with E-state index in [1.165, 1.54) is 99.0 Å². The lowest BCUT2D eigenvalue weighted by Gasteiger charge is -2.39. The van der Waals surface area contributed by atoms with Crippen molar-refractivity contribution in [2.45, 2.75) is 24.7 Å². The monoisotopic (exact) mass is 788 g/mol. The summed E-state index contributed by atoms with van der Waals surface area (Å²) in [5.41, 5.74) is 19.7. The van der Waals surface area contributed by atoms with Crippen molar-refractivity contribution in [1.82, 2.24) is 4.57 Å². The quantitative estimate of drug-likeness (QED) is 0.172. The largest absolute Gasteiger partial charge is 0.310 e. The van der Waals surface area contributed by atoms with E-state index in [4.69, 9.17) is 0 Å². The Kier molecular flexibility index (Phi) is 6.59. The van der Waals surface area contributed by atoms with Crippen LogP contribution in [0.5, 0.6) is 0 Å². The van der Waals surface area contributed by atoms with Crippen molar-refractivity contribution in [3.8, 4) is 27.9 Å². The fraction of sp³-hybridized carbons (Fsp3) is 0.0667. The van der Waals surface area contributed by atoms with Crippen molar-refractivity contribution in [3.63, 3.8) is 0 Å². The zero-order chi connectivity index (χ0) is 40.9. The summed E-state index contributed by atoms with van der Waals surface area (Å²) in [5, 5.41) is 7.73. The number of benzene rings is 10. The minimum absolute atomic E-state index is 0.0910. The van der Waals surface area contributed by atoms with Gasteiger partial charge in [0.2, 0.25) is 0 Å². The second-order valence-corrected chi connectivity index (χ2v) is 18.0. The third kappa shape index (κ3) is 4.19. The number of hydrogen-bond donors (Lipinski definition) is 0. The molecule has 0 fully saturated rings. The highest BCUT2D eigenvalue weighted by molar-refractivity contribution is 6.27. The highest BCUT2D eigenvalue weighted by Crippen LogP contribution is 2.63. The SMILES string of the molecule is CC1(C)c2ccccc2-c2cc(N(c3ccc4ccccc4c3)c3cc4c5c6c7c(cccc7ccc6n(-c6ccccc6)c5c3)C43c4ccccc4-c4ccccc43)ccc21. The lowest BCUT2D eigenvalue weighted by Crippen LogP contribution is -2.31. The molecular weight excluding hydrogens is 749 g/mol. The molecule has 0 bridgehead atoms. The normalized spacial score (nSPS) is 14.5. The molecule has 1 aromatic heterocycles. The maximum absolute atomic E-state index is 2.56. The van der Waals surface area contributed by atoms with E-state index in [0.29, 0.717) is 0 Å². The summed E-state index contributed by atoms with van der Waals surface area (Å²) in [5.74, 6) is 0. The molecule has 3 aliphatic rings. The summed E-state index contributed by atoms with van der Waals surface area (Å²) < 4.78 is 2.53. The summed E-state index contributed by atoms with van der Waals surface area (Å²) in [4.78, 5) is 2.53. The average Bonchev–Trinajstić information content (AvgIpc) is 3.90. The van der Waals surface area contributed by atoms with Crippen LogP contribution in [0.25, 0.3) is 71.3 Å². The molecule has 0 amide bonds. The van der Waals surface area contributed by atoms with Crippen LogP contribution in [-0.2, 0) is 10.8 Å². The van der Waals surface area contributed by atoms with Gasteiger partial charge in [0, 0.05) is 38.9 Å². The molecule has 14 rings (SSSR count). The molecular formula is C60H40N2. The summed E-state index contributed by atoms with van der Waals surface area (Å²) in [6.07, 6.45) is 0. The minimum atomic E-state index is -0.554. The average molecular weight is 789 g/mol. The van der Waals surface area contributed by atoms with E-state index in [9.17, 15) is 0 Å². The number of hydrogen-bond acceptors (Lipinski definition) is 1. The van der Waals surface area contributed by atoms with Gasteiger partial charge in [0.05, 0.1) is 16.4 Å². The molecule has 10 aromatic carbocycles. The first-order valence-electron chi connectivity index (χ1n) is 21.8. The second-order valence-electron chi connectivity index (χ2n) is 18.0. The molecule has 0 aliphatic heterocycles. The summed E-state index contributed by atoms with van der Waals surface area (Å²) in [6, 6.07) is 77.9. The maximum atomic E-state index is 2.56. The number of fused-ring (bicyclic) bond motifs is 11. The van der Waals surface area contributed by atoms with Gasteiger partial charge in [-0.15, -0.1) is 0 Å². The first-order valence-corrected chi connectivity index (χ1v) is 21.8. The molecule has 3 aliphatic carbocycles. The van der Waals surface area contributed by atoms with Crippen LogP contribution in [0.1, 0.15) is 47.2 Å². The molecule has 2 heteroatoms. The van der Waals surface area contributed by atoms with Crippen molar-refractivity contribution in [3.05, 3.63) is 240 Å². The van der Waals surface area contributed by atoms with Crippen LogP contribution < -0.4 is 4.90 Å². The number of nitrogens with zero attached hydrogens (tertiary/aromatic N) is 2. The Morgan fingerprint density at radius 2 is 0.919 bits per heavy atom. The molecule has 0 N–H and O–H groups in total. The lowest BCUT2D eigenvalue weighted by atomic mass is 9.63. The van der Waals surface area contributed by atoms with Crippen LogP contribution in [-0.4, -0.2) is 4.57 Å². The van der Waals surface area contributed by atoms with Gasteiger partial charge < -0.3 is 9.47 Å². The molecule has 11 aromatic rings. The zero-order valence-corrected chi connectivity index (χ0v) is 34.5. The van der Waals surface area contributed by atoms with Crippen molar-refractivity contribution in [2.24, 2.45) is 0 Å². The van der Waals surface area contributed by atoms with Crippen molar-refractivity contribution in [1.29, 1.82) is 0 Å². The van der Waals surface area contributed by atoms with Gasteiger partial charge in [-0.3, -0.25) is 0 Å². The molecule has 0 radical (unpaired) electrons. The van der Waals surface area contributed by atoms with Gasteiger partial charge in [0.15, 0.2) is 0 Å². The van der Waals surface area contributed by atoms with E-state index >= 15 is 0 Å². The number of anilines is 3.